The van der Waals surface area contributed by atoms with Gasteiger partial charge in [0.1, 0.15) is 5.69 Å². The monoisotopic (exact) mass is 352 g/mol. The van der Waals surface area contributed by atoms with Crippen LogP contribution >= 0.6 is 34.5 Å². The predicted octanol–water partition coefficient (Wildman–Crippen LogP) is 5.48. The van der Waals surface area contributed by atoms with Crippen molar-refractivity contribution in [2.75, 3.05) is 0 Å². The number of benzene rings is 1. The second-order valence-corrected chi connectivity index (χ2v) is 7.73. The van der Waals surface area contributed by atoms with Gasteiger partial charge in [-0.15, -0.1) is 11.3 Å². The lowest BCUT2D eigenvalue weighted by Gasteiger charge is -2.16. The summed E-state index contributed by atoms with van der Waals surface area (Å²) in [6, 6.07) is 5.45. The third kappa shape index (κ3) is 2.45. The van der Waals surface area contributed by atoms with E-state index >= 15 is 0 Å². The summed E-state index contributed by atoms with van der Waals surface area (Å²) in [6.07, 6.45) is 0.869. The molecule has 0 aliphatic rings. The van der Waals surface area contributed by atoms with E-state index in [-0.39, 0.29) is 5.41 Å². The average molecular weight is 353 g/mol. The van der Waals surface area contributed by atoms with Crippen molar-refractivity contribution in [3.63, 3.8) is 0 Å². The Kier molecular flexibility index (Phi) is 3.79. The van der Waals surface area contributed by atoms with Crippen LogP contribution in [-0.2, 0) is 5.41 Å². The highest BCUT2D eigenvalue weighted by Crippen LogP contribution is 2.34. The maximum absolute atomic E-state index is 11.6. The van der Waals surface area contributed by atoms with Crippen molar-refractivity contribution in [3.8, 4) is 11.3 Å². The van der Waals surface area contributed by atoms with Crippen LogP contribution in [0, 0.1) is 0 Å². The zero-order chi connectivity index (χ0) is 16.1. The molecule has 0 amide bonds. The Morgan fingerprint density at radius 3 is 2.55 bits per heavy atom. The summed E-state index contributed by atoms with van der Waals surface area (Å²) in [4.78, 5) is 17.1. The number of halogens is 2. The fourth-order valence-electron chi connectivity index (χ4n) is 2.40. The molecule has 114 valence electrons. The second-order valence-electron chi connectivity index (χ2n) is 6.08. The highest BCUT2D eigenvalue weighted by Gasteiger charge is 2.25. The highest BCUT2D eigenvalue weighted by molar-refractivity contribution is 7.15. The predicted molar refractivity (Wildman–Crippen MR) is 92.6 cm³/mol. The maximum atomic E-state index is 11.6. The van der Waals surface area contributed by atoms with E-state index in [1.807, 2.05) is 36.6 Å². The van der Waals surface area contributed by atoms with E-state index in [1.165, 1.54) is 11.3 Å². The van der Waals surface area contributed by atoms with Gasteiger partial charge in [-0.2, -0.15) is 0 Å². The summed E-state index contributed by atoms with van der Waals surface area (Å²) in [6.45, 7) is 6.14. The number of aromatic nitrogens is 2. The lowest BCUT2D eigenvalue weighted by molar-refractivity contribution is 0.111. The lowest BCUT2D eigenvalue weighted by Crippen LogP contribution is -2.14. The van der Waals surface area contributed by atoms with Crippen LogP contribution in [0.1, 0.15) is 37.0 Å². The number of imidazole rings is 1. The van der Waals surface area contributed by atoms with Crippen LogP contribution in [0.15, 0.2) is 23.6 Å². The van der Waals surface area contributed by atoms with Crippen molar-refractivity contribution in [2.45, 2.75) is 26.2 Å². The van der Waals surface area contributed by atoms with Gasteiger partial charge in [0.15, 0.2) is 11.2 Å². The molecule has 0 atom stereocenters. The van der Waals surface area contributed by atoms with Crippen molar-refractivity contribution >= 4 is 45.8 Å². The third-order valence-corrected chi connectivity index (χ3v) is 5.00. The van der Waals surface area contributed by atoms with Crippen LogP contribution in [0.25, 0.3) is 16.2 Å². The number of rotatable bonds is 2. The molecule has 3 rings (SSSR count). The van der Waals surface area contributed by atoms with Crippen molar-refractivity contribution < 1.29 is 4.79 Å². The first-order chi connectivity index (χ1) is 10.3. The van der Waals surface area contributed by atoms with E-state index in [0.29, 0.717) is 15.7 Å². The van der Waals surface area contributed by atoms with Gasteiger partial charge in [0.2, 0.25) is 0 Å². The Morgan fingerprint density at radius 2 is 1.95 bits per heavy atom. The van der Waals surface area contributed by atoms with E-state index in [4.69, 9.17) is 23.2 Å². The van der Waals surface area contributed by atoms with Crippen molar-refractivity contribution in [1.82, 2.24) is 9.38 Å². The molecule has 0 radical (unpaired) electrons. The summed E-state index contributed by atoms with van der Waals surface area (Å²) < 4.78 is 1.89. The van der Waals surface area contributed by atoms with Crippen LogP contribution in [0.3, 0.4) is 0 Å². The van der Waals surface area contributed by atoms with Crippen LogP contribution in [-0.4, -0.2) is 15.7 Å². The first kappa shape index (κ1) is 15.5. The summed E-state index contributed by atoms with van der Waals surface area (Å²) in [5.41, 5.74) is 2.99. The molecule has 0 saturated heterocycles. The second kappa shape index (κ2) is 5.37. The molecule has 3 aromatic rings. The summed E-state index contributed by atoms with van der Waals surface area (Å²) >= 11 is 13.6. The zero-order valence-electron chi connectivity index (χ0n) is 12.4. The lowest BCUT2D eigenvalue weighted by atomic mass is 9.91. The molecule has 2 heterocycles. The molecule has 6 heteroatoms. The molecule has 2 aromatic heterocycles. The first-order valence-electron chi connectivity index (χ1n) is 6.74. The molecule has 0 aliphatic heterocycles. The van der Waals surface area contributed by atoms with E-state index < -0.39 is 0 Å². The van der Waals surface area contributed by atoms with Gasteiger partial charge in [0.05, 0.1) is 21.4 Å². The Balaban J connectivity index is 2.29. The van der Waals surface area contributed by atoms with Gasteiger partial charge in [-0.25, -0.2) is 4.98 Å². The molecule has 0 bridgehead atoms. The number of hydrogen-bond donors (Lipinski definition) is 0. The van der Waals surface area contributed by atoms with Gasteiger partial charge in [0.25, 0.3) is 0 Å². The molecule has 0 saturated carbocycles. The average Bonchev–Trinajstić information content (AvgIpc) is 2.99. The van der Waals surface area contributed by atoms with Crippen molar-refractivity contribution in [2.24, 2.45) is 0 Å². The van der Waals surface area contributed by atoms with Crippen molar-refractivity contribution in [3.05, 3.63) is 45.0 Å². The number of hydrogen-bond acceptors (Lipinski definition) is 3. The Bertz CT molecular complexity index is 874. The summed E-state index contributed by atoms with van der Waals surface area (Å²) in [7, 11) is 0. The minimum atomic E-state index is -0.198. The van der Waals surface area contributed by atoms with Crippen LogP contribution in [0.4, 0.5) is 0 Å². The SMILES string of the molecule is CC(C)(C)c1nc2scc(-c3ccc(Cl)c(Cl)c3)n2c1C=O. The summed E-state index contributed by atoms with van der Waals surface area (Å²) in [5, 5.41) is 2.97. The van der Waals surface area contributed by atoms with E-state index in [1.54, 1.807) is 12.1 Å². The third-order valence-electron chi connectivity index (χ3n) is 3.44. The molecule has 0 fully saturated rings. The quantitative estimate of drug-likeness (QED) is 0.572. The van der Waals surface area contributed by atoms with E-state index in [9.17, 15) is 4.79 Å². The minimum Gasteiger partial charge on any atom is -0.296 e. The molecule has 0 aliphatic carbocycles. The fourth-order valence-corrected chi connectivity index (χ4v) is 3.60. The minimum absolute atomic E-state index is 0.198. The van der Waals surface area contributed by atoms with Gasteiger partial charge >= 0.3 is 0 Å². The van der Waals surface area contributed by atoms with Gasteiger partial charge in [0, 0.05) is 16.4 Å². The number of nitrogens with zero attached hydrogens (tertiary/aromatic N) is 2. The molecular formula is C16H14Cl2N2OS. The molecule has 0 unspecified atom stereocenters. The molecule has 3 nitrogen and oxygen atoms in total. The first-order valence-corrected chi connectivity index (χ1v) is 8.37. The van der Waals surface area contributed by atoms with Crippen LogP contribution in [0.2, 0.25) is 10.0 Å². The van der Waals surface area contributed by atoms with Crippen molar-refractivity contribution in [1.29, 1.82) is 0 Å². The largest absolute Gasteiger partial charge is 0.296 e. The number of carbonyl (C=O) groups excluding carboxylic acids is 1. The van der Waals surface area contributed by atoms with Gasteiger partial charge in [-0.05, 0) is 12.1 Å². The Morgan fingerprint density at radius 1 is 1.23 bits per heavy atom. The Labute approximate surface area is 142 Å². The number of aldehydes is 1. The number of carbonyl (C=O) groups is 1. The standard InChI is InChI=1S/C16H14Cl2N2OS/c1-16(2,3)14-12(7-21)20-13(8-22-15(20)19-14)9-4-5-10(17)11(18)6-9/h4-8H,1-3H3. The van der Waals surface area contributed by atoms with Gasteiger partial charge in [-0.1, -0.05) is 50.0 Å². The van der Waals surface area contributed by atoms with E-state index in [0.717, 1.165) is 28.2 Å². The van der Waals surface area contributed by atoms with Gasteiger partial charge in [-0.3, -0.25) is 9.20 Å². The number of fused-ring (bicyclic) bond motifs is 1. The van der Waals surface area contributed by atoms with E-state index in [2.05, 4.69) is 4.98 Å². The fraction of sp³-hybridized carbons (Fsp3) is 0.250. The molecule has 0 spiro atoms. The maximum Gasteiger partial charge on any atom is 0.195 e. The normalized spacial score (nSPS) is 12.0. The molecule has 0 N–H and O–H groups in total. The molecule has 1 aromatic carbocycles. The highest BCUT2D eigenvalue weighted by atomic mass is 35.5. The number of thiazole rings is 1. The van der Waals surface area contributed by atoms with Gasteiger partial charge < -0.3 is 0 Å². The Hall–Kier alpha value is -1.36. The van der Waals surface area contributed by atoms with Crippen LogP contribution in [0.5, 0.6) is 0 Å². The smallest absolute Gasteiger partial charge is 0.195 e. The topological polar surface area (TPSA) is 34.4 Å². The molecular weight excluding hydrogens is 339 g/mol. The van der Waals surface area contributed by atoms with Crippen LogP contribution < -0.4 is 0 Å². The summed E-state index contributed by atoms with van der Waals surface area (Å²) in [5.74, 6) is 0. The zero-order valence-corrected chi connectivity index (χ0v) is 14.7. The molecule has 22 heavy (non-hydrogen) atoms.